The van der Waals surface area contributed by atoms with Crippen LogP contribution >= 0.6 is 11.8 Å². The molecule has 0 spiro atoms. The van der Waals surface area contributed by atoms with E-state index in [2.05, 4.69) is 16.9 Å². The van der Waals surface area contributed by atoms with Crippen LogP contribution in [0.15, 0.2) is 17.4 Å². The molecule has 0 aliphatic carbocycles. The first-order valence-electron chi connectivity index (χ1n) is 5.31. The SMILES string of the molecule is CCCc1cc(SC(C)CC(=O)O)ncn1. The number of hydrogen-bond donors (Lipinski definition) is 1. The zero-order chi connectivity index (χ0) is 12.0. The van der Waals surface area contributed by atoms with E-state index in [1.165, 1.54) is 11.8 Å². The van der Waals surface area contributed by atoms with Crippen molar-refractivity contribution in [2.24, 2.45) is 0 Å². The van der Waals surface area contributed by atoms with E-state index in [-0.39, 0.29) is 11.7 Å². The Morgan fingerprint density at radius 3 is 2.94 bits per heavy atom. The second-order valence-electron chi connectivity index (χ2n) is 3.62. The molecule has 1 aromatic rings. The quantitative estimate of drug-likeness (QED) is 0.611. The van der Waals surface area contributed by atoms with E-state index in [0.29, 0.717) is 0 Å². The number of aryl methyl sites for hydroxylation is 1. The lowest BCUT2D eigenvalue weighted by molar-refractivity contribution is -0.136. The highest BCUT2D eigenvalue weighted by Gasteiger charge is 2.10. The van der Waals surface area contributed by atoms with Gasteiger partial charge in [-0.15, -0.1) is 11.8 Å². The first kappa shape index (κ1) is 13.0. The number of hydrogen-bond acceptors (Lipinski definition) is 4. The second-order valence-corrected chi connectivity index (χ2v) is 5.08. The van der Waals surface area contributed by atoms with Crippen LogP contribution in [-0.4, -0.2) is 26.3 Å². The molecule has 1 rings (SSSR count). The molecule has 0 fully saturated rings. The van der Waals surface area contributed by atoms with Gasteiger partial charge in [-0.2, -0.15) is 0 Å². The lowest BCUT2D eigenvalue weighted by Gasteiger charge is -2.07. The van der Waals surface area contributed by atoms with Crippen molar-refractivity contribution in [1.82, 2.24) is 9.97 Å². The summed E-state index contributed by atoms with van der Waals surface area (Å²) < 4.78 is 0. The van der Waals surface area contributed by atoms with E-state index in [0.717, 1.165) is 23.6 Å². The molecular weight excluding hydrogens is 224 g/mol. The molecule has 1 unspecified atom stereocenters. The topological polar surface area (TPSA) is 63.1 Å². The van der Waals surface area contributed by atoms with Gasteiger partial charge in [0, 0.05) is 10.9 Å². The summed E-state index contributed by atoms with van der Waals surface area (Å²) in [6.45, 7) is 3.99. The Kier molecular flexibility index (Phi) is 5.25. The summed E-state index contributed by atoms with van der Waals surface area (Å²) in [7, 11) is 0. The molecule has 0 saturated heterocycles. The summed E-state index contributed by atoms with van der Waals surface area (Å²) in [5.74, 6) is -0.775. The Morgan fingerprint density at radius 2 is 2.31 bits per heavy atom. The van der Waals surface area contributed by atoms with Crippen LogP contribution in [0.1, 0.15) is 32.4 Å². The van der Waals surface area contributed by atoms with Crippen molar-refractivity contribution < 1.29 is 9.90 Å². The molecule has 0 saturated carbocycles. The highest BCUT2D eigenvalue weighted by atomic mass is 32.2. The minimum absolute atomic E-state index is 0.0295. The Labute approximate surface area is 99.5 Å². The molecule has 16 heavy (non-hydrogen) atoms. The Balaban J connectivity index is 2.59. The fraction of sp³-hybridized carbons (Fsp3) is 0.545. The number of nitrogens with zero attached hydrogens (tertiary/aromatic N) is 2. The number of aliphatic carboxylic acids is 1. The average molecular weight is 240 g/mol. The normalized spacial score (nSPS) is 12.4. The highest BCUT2D eigenvalue weighted by molar-refractivity contribution is 7.99. The van der Waals surface area contributed by atoms with Crippen LogP contribution in [0, 0.1) is 0 Å². The van der Waals surface area contributed by atoms with Crippen LogP contribution < -0.4 is 0 Å². The van der Waals surface area contributed by atoms with Gasteiger partial charge in [0.15, 0.2) is 0 Å². The number of thioether (sulfide) groups is 1. The average Bonchev–Trinajstić information content (AvgIpc) is 2.17. The molecule has 1 heterocycles. The van der Waals surface area contributed by atoms with Crippen LogP contribution in [0.5, 0.6) is 0 Å². The summed E-state index contributed by atoms with van der Waals surface area (Å²) in [5.41, 5.74) is 1.02. The molecule has 0 aliphatic rings. The fourth-order valence-corrected chi connectivity index (χ4v) is 2.28. The molecule has 1 N–H and O–H groups in total. The summed E-state index contributed by atoms with van der Waals surface area (Å²) in [5, 5.41) is 9.54. The van der Waals surface area contributed by atoms with Crippen molar-refractivity contribution in [3.63, 3.8) is 0 Å². The van der Waals surface area contributed by atoms with Gasteiger partial charge in [0.1, 0.15) is 6.33 Å². The minimum atomic E-state index is -0.775. The maximum atomic E-state index is 10.5. The standard InChI is InChI=1S/C11H16N2O2S/c1-3-4-9-6-10(13-7-12-9)16-8(2)5-11(14)15/h6-8H,3-5H2,1-2H3,(H,14,15). The Bertz CT molecular complexity index is 358. The molecule has 1 aromatic heterocycles. The zero-order valence-corrected chi connectivity index (χ0v) is 10.3. The first-order chi connectivity index (χ1) is 7.61. The van der Waals surface area contributed by atoms with E-state index in [1.807, 2.05) is 13.0 Å². The maximum absolute atomic E-state index is 10.5. The molecule has 0 aliphatic heterocycles. The van der Waals surface area contributed by atoms with Crippen molar-refractivity contribution in [2.75, 3.05) is 0 Å². The number of carbonyl (C=O) groups is 1. The van der Waals surface area contributed by atoms with E-state index >= 15 is 0 Å². The van der Waals surface area contributed by atoms with Gasteiger partial charge in [0.2, 0.25) is 0 Å². The molecule has 0 bridgehead atoms. The summed E-state index contributed by atoms with van der Waals surface area (Å²) >= 11 is 1.48. The van der Waals surface area contributed by atoms with Gasteiger partial charge in [0.25, 0.3) is 0 Å². The third-order valence-corrected chi connectivity index (χ3v) is 3.02. The van der Waals surface area contributed by atoms with Crippen molar-refractivity contribution in [3.05, 3.63) is 18.1 Å². The summed E-state index contributed by atoms with van der Waals surface area (Å²) in [4.78, 5) is 18.8. The lowest BCUT2D eigenvalue weighted by atomic mass is 10.2. The smallest absolute Gasteiger partial charge is 0.304 e. The monoisotopic (exact) mass is 240 g/mol. The summed E-state index contributed by atoms with van der Waals surface area (Å²) in [6.07, 6.45) is 3.67. The van der Waals surface area contributed by atoms with Crippen molar-refractivity contribution in [2.45, 2.75) is 43.4 Å². The number of carboxylic acid groups (broad SMARTS) is 1. The third-order valence-electron chi connectivity index (χ3n) is 1.99. The van der Waals surface area contributed by atoms with Gasteiger partial charge in [-0.25, -0.2) is 9.97 Å². The van der Waals surface area contributed by atoms with E-state index < -0.39 is 5.97 Å². The Hall–Kier alpha value is -1.10. The summed E-state index contributed by atoms with van der Waals surface area (Å²) in [6, 6.07) is 1.94. The van der Waals surface area contributed by atoms with Crippen LogP contribution in [0.2, 0.25) is 0 Å². The van der Waals surface area contributed by atoms with Crippen LogP contribution in [-0.2, 0) is 11.2 Å². The van der Waals surface area contributed by atoms with Crippen LogP contribution in [0.25, 0.3) is 0 Å². The number of carboxylic acids is 1. The number of aromatic nitrogens is 2. The van der Waals surface area contributed by atoms with Gasteiger partial charge in [-0.05, 0) is 12.5 Å². The largest absolute Gasteiger partial charge is 0.481 e. The minimum Gasteiger partial charge on any atom is -0.481 e. The van der Waals surface area contributed by atoms with Crippen LogP contribution in [0.3, 0.4) is 0 Å². The molecule has 4 nitrogen and oxygen atoms in total. The van der Waals surface area contributed by atoms with Crippen molar-refractivity contribution >= 4 is 17.7 Å². The van der Waals surface area contributed by atoms with Gasteiger partial charge in [0.05, 0.1) is 11.4 Å². The second kappa shape index (κ2) is 6.48. The third kappa shape index (κ3) is 4.61. The molecule has 0 amide bonds. The van der Waals surface area contributed by atoms with Crippen LogP contribution in [0.4, 0.5) is 0 Å². The molecule has 0 radical (unpaired) electrons. The molecule has 1 atom stereocenters. The Morgan fingerprint density at radius 1 is 1.56 bits per heavy atom. The van der Waals surface area contributed by atoms with E-state index in [4.69, 9.17) is 5.11 Å². The fourth-order valence-electron chi connectivity index (χ4n) is 1.33. The van der Waals surface area contributed by atoms with Gasteiger partial charge >= 0.3 is 5.97 Å². The lowest BCUT2D eigenvalue weighted by Crippen LogP contribution is -2.06. The van der Waals surface area contributed by atoms with Gasteiger partial charge < -0.3 is 5.11 Å². The zero-order valence-electron chi connectivity index (χ0n) is 9.51. The first-order valence-corrected chi connectivity index (χ1v) is 6.19. The molecule has 0 aromatic carbocycles. The molecular formula is C11H16N2O2S. The predicted octanol–water partition coefficient (Wildman–Crippen LogP) is 2.38. The highest BCUT2D eigenvalue weighted by Crippen LogP contribution is 2.23. The van der Waals surface area contributed by atoms with E-state index in [9.17, 15) is 4.79 Å². The molecule has 88 valence electrons. The van der Waals surface area contributed by atoms with E-state index in [1.54, 1.807) is 6.33 Å². The van der Waals surface area contributed by atoms with Crippen molar-refractivity contribution in [3.8, 4) is 0 Å². The predicted molar refractivity (Wildman–Crippen MR) is 63.6 cm³/mol. The maximum Gasteiger partial charge on any atom is 0.304 e. The van der Waals surface area contributed by atoms with Crippen molar-refractivity contribution in [1.29, 1.82) is 0 Å². The number of rotatable bonds is 6. The van der Waals surface area contributed by atoms with Gasteiger partial charge in [-0.3, -0.25) is 4.79 Å². The molecule has 5 heteroatoms. The van der Waals surface area contributed by atoms with Gasteiger partial charge in [-0.1, -0.05) is 20.3 Å².